The number of carbonyl (C=O) groups is 2. The summed E-state index contributed by atoms with van der Waals surface area (Å²) in [5.74, 6) is 1.40. The van der Waals surface area contributed by atoms with E-state index in [0.717, 1.165) is 17.1 Å². The average Bonchev–Trinajstić information content (AvgIpc) is 2.73. The molecule has 5 heteroatoms. The Balaban J connectivity index is 2.38. The van der Waals surface area contributed by atoms with E-state index in [1.807, 2.05) is 52.0 Å². The van der Waals surface area contributed by atoms with Crippen LogP contribution in [0.25, 0.3) is 5.57 Å². The SMILES string of the molecule is CCOc1ccc(C2=C(SCC)C(=O)N(CC(C)C)C2=O)cc1. The van der Waals surface area contributed by atoms with E-state index in [1.54, 1.807) is 0 Å². The minimum Gasteiger partial charge on any atom is -0.494 e. The number of nitrogens with zero attached hydrogens (tertiary/aromatic N) is 1. The number of ether oxygens (including phenoxy) is 1. The summed E-state index contributed by atoms with van der Waals surface area (Å²) >= 11 is 1.44. The lowest BCUT2D eigenvalue weighted by molar-refractivity contribution is -0.137. The molecule has 1 heterocycles. The third-order valence-corrected chi connectivity index (χ3v) is 4.37. The number of carbonyl (C=O) groups excluding carboxylic acids is 2. The zero-order chi connectivity index (χ0) is 17.0. The molecular formula is C18H23NO3S. The molecule has 0 aliphatic carbocycles. The van der Waals surface area contributed by atoms with Gasteiger partial charge in [-0.25, -0.2) is 0 Å². The summed E-state index contributed by atoms with van der Waals surface area (Å²) in [6.07, 6.45) is 0. The Labute approximate surface area is 141 Å². The van der Waals surface area contributed by atoms with Gasteiger partial charge in [-0.1, -0.05) is 32.9 Å². The van der Waals surface area contributed by atoms with Crippen molar-refractivity contribution < 1.29 is 14.3 Å². The Bertz CT molecular complexity index is 620. The topological polar surface area (TPSA) is 46.6 Å². The minimum atomic E-state index is -0.191. The summed E-state index contributed by atoms with van der Waals surface area (Å²) in [6.45, 7) is 8.96. The number of rotatable bonds is 7. The number of thioether (sulfide) groups is 1. The highest BCUT2D eigenvalue weighted by molar-refractivity contribution is 8.04. The lowest BCUT2D eigenvalue weighted by atomic mass is 10.1. The van der Waals surface area contributed by atoms with E-state index < -0.39 is 0 Å². The van der Waals surface area contributed by atoms with E-state index in [2.05, 4.69) is 0 Å². The second-order valence-electron chi connectivity index (χ2n) is 5.71. The van der Waals surface area contributed by atoms with Crippen molar-refractivity contribution in [1.29, 1.82) is 0 Å². The van der Waals surface area contributed by atoms with Crippen molar-refractivity contribution in [1.82, 2.24) is 4.90 Å². The first-order valence-electron chi connectivity index (χ1n) is 7.96. The number of imide groups is 1. The zero-order valence-electron chi connectivity index (χ0n) is 14.1. The van der Waals surface area contributed by atoms with Gasteiger partial charge in [0.25, 0.3) is 11.8 Å². The van der Waals surface area contributed by atoms with Gasteiger partial charge >= 0.3 is 0 Å². The second-order valence-corrected chi connectivity index (χ2v) is 6.98. The highest BCUT2D eigenvalue weighted by atomic mass is 32.2. The lowest BCUT2D eigenvalue weighted by Crippen LogP contribution is -2.34. The molecule has 0 fully saturated rings. The molecule has 0 unspecified atom stereocenters. The maximum absolute atomic E-state index is 12.8. The quantitative estimate of drug-likeness (QED) is 0.716. The van der Waals surface area contributed by atoms with E-state index in [9.17, 15) is 9.59 Å². The third-order valence-electron chi connectivity index (χ3n) is 3.42. The molecule has 0 bridgehead atoms. The summed E-state index contributed by atoms with van der Waals surface area (Å²) in [7, 11) is 0. The first-order valence-corrected chi connectivity index (χ1v) is 8.94. The predicted octanol–water partition coefficient (Wildman–Crippen LogP) is 3.57. The molecule has 0 saturated heterocycles. The monoisotopic (exact) mass is 333 g/mol. The van der Waals surface area contributed by atoms with Crippen molar-refractivity contribution in [3.63, 3.8) is 0 Å². The molecule has 0 atom stereocenters. The number of benzene rings is 1. The van der Waals surface area contributed by atoms with Crippen LogP contribution in [-0.2, 0) is 9.59 Å². The Hall–Kier alpha value is -1.75. The molecule has 2 amide bonds. The van der Waals surface area contributed by atoms with Gasteiger partial charge in [0.05, 0.1) is 17.1 Å². The minimum absolute atomic E-state index is 0.167. The molecule has 0 N–H and O–H groups in total. The standard InChI is InChI=1S/C18H23NO3S/c1-5-22-14-9-7-13(8-10-14)15-16(23-6-2)18(21)19(17(15)20)11-12(3)4/h7-10,12H,5-6,11H2,1-4H3. The van der Waals surface area contributed by atoms with Gasteiger partial charge in [0.2, 0.25) is 0 Å². The third kappa shape index (κ3) is 3.78. The van der Waals surface area contributed by atoms with Crippen molar-refractivity contribution in [2.24, 2.45) is 5.92 Å². The predicted molar refractivity (Wildman–Crippen MR) is 94.2 cm³/mol. The number of amides is 2. The van der Waals surface area contributed by atoms with Crippen LogP contribution >= 0.6 is 11.8 Å². The molecule has 0 radical (unpaired) electrons. The molecule has 1 aliphatic rings. The second kappa shape index (κ2) is 7.68. The Morgan fingerprint density at radius 3 is 2.26 bits per heavy atom. The van der Waals surface area contributed by atoms with Crippen LogP contribution in [-0.4, -0.2) is 35.6 Å². The van der Waals surface area contributed by atoms with Gasteiger partial charge in [-0.05, 0) is 36.3 Å². The fourth-order valence-corrected chi connectivity index (χ4v) is 3.37. The number of hydrogen-bond acceptors (Lipinski definition) is 4. The highest BCUT2D eigenvalue weighted by Crippen LogP contribution is 2.36. The first kappa shape index (κ1) is 17.6. The molecule has 23 heavy (non-hydrogen) atoms. The van der Waals surface area contributed by atoms with Crippen LogP contribution in [0, 0.1) is 5.92 Å². The van der Waals surface area contributed by atoms with Crippen molar-refractivity contribution in [2.45, 2.75) is 27.7 Å². The molecule has 4 nitrogen and oxygen atoms in total. The van der Waals surface area contributed by atoms with E-state index in [1.165, 1.54) is 16.7 Å². The molecule has 124 valence electrons. The molecule has 0 aromatic heterocycles. The van der Waals surface area contributed by atoms with Crippen LogP contribution in [0.1, 0.15) is 33.3 Å². The summed E-state index contributed by atoms with van der Waals surface area (Å²) in [6, 6.07) is 7.37. The van der Waals surface area contributed by atoms with Crippen LogP contribution in [0.2, 0.25) is 0 Å². The average molecular weight is 333 g/mol. The van der Waals surface area contributed by atoms with Crippen molar-refractivity contribution >= 4 is 29.1 Å². The smallest absolute Gasteiger partial charge is 0.267 e. The summed E-state index contributed by atoms with van der Waals surface area (Å²) < 4.78 is 5.44. The fraction of sp³-hybridized carbons (Fsp3) is 0.444. The van der Waals surface area contributed by atoms with Gasteiger partial charge in [-0.2, -0.15) is 0 Å². The van der Waals surface area contributed by atoms with Crippen molar-refractivity contribution in [2.75, 3.05) is 18.9 Å². The molecular weight excluding hydrogens is 310 g/mol. The van der Waals surface area contributed by atoms with E-state index in [0.29, 0.717) is 23.6 Å². The van der Waals surface area contributed by atoms with Crippen molar-refractivity contribution in [3.05, 3.63) is 34.7 Å². The molecule has 1 aliphatic heterocycles. The highest BCUT2D eigenvalue weighted by Gasteiger charge is 2.38. The van der Waals surface area contributed by atoms with Gasteiger partial charge in [-0.3, -0.25) is 14.5 Å². The maximum Gasteiger partial charge on any atom is 0.267 e. The molecule has 1 aromatic rings. The Morgan fingerprint density at radius 1 is 1.09 bits per heavy atom. The number of hydrogen-bond donors (Lipinski definition) is 0. The van der Waals surface area contributed by atoms with Gasteiger partial charge in [0.15, 0.2) is 0 Å². The van der Waals surface area contributed by atoms with Gasteiger partial charge in [0.1, 0.15) is 5.75 Å². The van der Waals surface area contributed by atoms with Crippen LogP contribution in [0.5, 0.6) is 5.75 Å². The molecule has 0 spiro atoms. The van der Waals surface area contributed by atoms with E-state index >= 15 is 0 Å². The summed E-state index contributed by atoms with van der Waals surface area (Å²) in [5.41, 5.74) is 1.29. The van der Waals surface area contributed by atoms with Crippen LogP contribution in [0.4, 0.5) is 0 Å². The summed E-state index contributed by atoms with van der Waals surface area (Å²) in [4.78, 5) is 27.3. The van der Waals surface area contributed by atoms with Crippen LogP contribution in [0.15, 0.2) is 29.2 Å². The fourth-order valence-electron chi connectivity index (χ4n) is 2.50. The molecule has 2 rings (SSSR count). The van der Waals surface area contributed by atoms with Crippen LogP contribution in [0.3, 0.4) is 0 Å². The maximum atomic E-state index is 12.8. The van der Waals surface area contributed by atoms with Crippen LogP contribution < -0.4 is 4.74 Å². The Kier molecular flexibility index (Phi) is 5.88. The normalized spacial score (nSPS) is 15.1. The first-order chi connectivity index (χ1) is 11.0. The summed E-state index contributed by atoms with van der Waals surface area (Å²) in [5, 5.41) is 0. The zero-order valence-corrected chi connectivity index (χ0v) is 14.9. The van der Waals surface area contributed by atoms with E-state index in [-0.39, 0.29) is 17.7 Å². The van der Waals surface area contributed by atoms with Gasteiger partial charge < -0.3 is 4.74 Å². The van der Waals surface area contributed by atoms with Gasteiger partial charge in [0, 0.05) is 6.54 Å². The largest absolute Gasteiger partial charge is 0.494 e. The Morgan fingerprint density at radius 2 is 1.74 bits per heavy atom. The van der Waals surface area contributed by atoms with Gasteiger partial charge in [-0.15, -0.1) is 11.8 Å². The molecule has 1 aromatic carbocycles. The van der Waals surface area contributed by atoms with Crippen molar-refractivity contribution in [3.8, 4) is 5.75 Å². The van der Waals surface area contributed by atoms with E-state index in [4.69, 9.17) is 4.74 Å². The molecule has 0 saturated carbocycles. The lowest BCUT2D eigenvalue weighted by Gasteiger charge is -2.17.